The largest absolute Gasteiger partial charge is 0.451 e. The Bertz CT molecular complexity index is 1130. The molecule has 1 heterocycles. The van der Waals surface area contributed by atoms with Crippen molar-refractivity contribution in [2.24, 2.45) is 5.73 Å². The molecule has 2 amide bonds. The second-order valence-electron chi connectivity index (χ2n) is 5.76. The third kappa shape index (κ3) is 4.45. The highest BCUT2D eigenvalue weighted by atomic mass is 32.1. The molecule has 3 rings (SSSR count). The number of furan rings is 1. The van der Waals surface area contributed by atoms with E-state index in [1.54, 1.807) is 24.3 Å². The van der Waals surface area contributed by atoms with Gasteiger partial charge >= 0.3 is 0 Å². The maximum atomic E-state index is 12.4. The summed E-state index contributed by atoms with van der Waals surface area (Å²) >= 11 is 5.09. The van der Waals surface area contributed by atoms with Crippen LogP contribution in [0.4, 0.5) is 11.4 Å². The van der Waals surface area contributed by atoms with Gasteiger partial charge in [0.15, 0.2) is 10.9 Å². The minimum atomic E-state index is -0.663. The molecule has 9 nitrogen and oxygen atoms in total. The molecule has 0 aliphatic rings. The molecule has 29 heavy (non-hydrogen) atoms. The lowest BCUT2D eigenvalue weighted by atomic mass is 10.1. The molecule has 1 aromatic heterocycles. The fraction of sp³-hybridized carbons (Fsp3) is 0. The molecule has 2 aromatic carbocycles. The first kappa shape index (κ1) is 19.7. The van der Waals surface area contributed by atoms with Crippen molar-refractivity contribution >= 4 is 40.5 Å². The molecule has 3 aromatic rings. The number of para-hydroxylation sites is 2. The molecule has 0 unspecified atom stereocenters. The number of nitrogens with one attached hydrogen (secondary N) is 2. The van der Waals surface area contributed by atoms with Crippen molar-refractivity contribution in [2.75, 3.05) is 5.32 Å². The van der Waals surface area contributed by atoms with E-state index in [1.165, 1.54) is 36.4 Å². The summed E-state index contributed by atoms with van der Waals surface area (Å²) in [5.74, 6) is -1.24. The summed E-state index contributed by atoms with van der Waals surface area (Å²) < 4.78 is 5.46. The molecule has 0 aliphatic carbocycles. The van der Waals surface area contributed by atoms with Crippen molar-refractivity contribution in [1.82, 2.24) is 5.32 Å². The summed E-state index contributed by atoms with van der Waals surface area (Å²) in [7, 11) is 0. The van der Waals surface area contributed by atoms with Crippen LogP contribution < -0.4 is 16.4 Å². The molecule has 0 atom stereocenters. The van der Waals surface area contributed by atoms with E-state index < -0.39 is 16.7 Å². The molecule has 0 spiro atoms. The first-order chi connectivity index (χ1) is 13.9. The van der Waals surface area contributed by atoms with Crippen molar-refractivity contribution in [2.45, 2.75) is 0 Å². The number of anilines is 1. The number of carbonyl (C=O) groups excluding carboxylic acids is 2. The monoisotopic (exact) mass is 410 g/mol. The topological polar surface area (TPSA) is 140 Å². The number of nitro benzene ring substituents is 1. The average molecular weight is 410 g/mol. The molecular weight excluding hydrogens is 396 g/mol. The van der Waals surface area contributed by atoms with Crippen LogP contribution in [0.5, 0.6) is 0 Å². The smallest absolute Gasteiger partial charge is 0.293 e. The molecule has 146 valence electrons. The number of hydrogen-bond acceptors (Lipinski definition) is 6. The molecule has 10 heteroatoms. The van der Waals surface area contributed by atoms with Crippen molar-refractivity contribution in [3.63, 3.8) is 0 Å². The zero-order chi connectivity index (χ0) is 21.0. The number of carbonyl (C=O) groups is 2. The van der Waals surface area contributed by atoms with E-state index in [-0.39, 0.29) is 33.4 Å². The summed E-state index contributed by atoms with van der Waals surface area (Å²) in [6, 6.07) is 15.3. The minimum Gasteiger partial charge on any atom is -0.451 e. The predicted octanol–water partition coefficient (Wildman–Crippen LogP) is 3.08. The minimum absolute atomic E-state index is 0.0765. The van der Waals surface area contributed by atoms with E-state index in [2.05, 4.69) is 10.6 Å². The predicted molar refractivity (Wildman–Crippen MR) is 109 cm³/mol. The number of primary amides is 1. The normalized spacial score (nSPS) is 10.2. The molecule has 0 saturated carbocycles. The number of thiocarbonyl (C=S) groups is 1. The van der Waals surface area contributed by atoms with Gasteiger partial charge in [-0.05, 0) is 42.5 Å². The Balaban J connectivity index is 1.74. The Labute approximate surface area is 169 Å². The van der Waals surface area contributed by atoms with Crippen LogP contribution in [0.25, 0.3) is 11.3 Å². The summed E-state index contributed by atoms with van der Waals surface area (Å²) in [5.41, 5.74) is 5.95. The van der Waals surface area contributed by atoms with Crippen LogP contribution in [-0.4, -0.2) is 21.9 Å². The molecular formula is C19H14N4O5S. The van der Waals surface area contributed by atoms with E-state index >= 15 is 0 Å². The summed E-state index contributed by atoms with van der Waals surface area (Å²) in [6.07, 6.45) is 0. The van der Waals surface area contributed by atoms with Crippen LogP contribution in [-0.2, 0) is 0 Å². The van der Waals surface area contributed by atoms with Crippen LogP contribution in [0.15, 0.2) is 65.1 Å². The van der Waals surface area contributed by atoms with Crippen LogP contribution in [0, 0.1) is 10.1 Å². The first-order valence-corrected chi connectivity index (χ1v) is 8.62. The Kier molecular flexibility index (Phi) is 5.65. The van der Waals surface area contributed by atoms with Gasteiger partial charge in [0.25, 0.3) is 17.5 Å². The second kappa shape index (κ2) is 8.31. The maximum absolute atomic E-state index is 12.4. The molecule has 4 N–H and O–H groups in total. The quantitative estimate of drug-likeness (QED) is 0.333. The zero-order valence-corrected chi connectivity index (χ0v) is 15.6. The van der Waals surface area contributed by atoms with E-state index in [4.69, 9.17) is 22.4 Å². The van der Waals surface area contributed by atoms with Gasteiger partial charge < -0.3 is 15.5 Å². The highest BCUT2D eigenvalue weighted by molar-refractivity contribution is 7.80. The number of benzene rings is 2. The van der Waals surface area contributed by atoms with Gasteiger partial charge in [0.2, 0.25) is 0 Å². The van der Waals surface area contributed by atoms with Gasteiger partial charge in [-0.2, -0.15) is 0 Å². The lowest BCUT2D eigenvalue weighted by molar-refractivity contribution is -0.384. The standard InChI is InChI=1S/C19H14N4O5S/c20-17(24)11-5-1-3-7-13(11)21-19(29)22-18(25)16-10-9-15(28-16)12-6-2-4-8-14(12)23(26)27/h1-10H,(H2,20,24)(H2,21,22,25,29). The maximum Gasteiger partial charge on any atom is 0.293 e. The number of amides is 2. The number of nitro groups is 1. The van der Waals surface area contributed by atoms with Crippen molar-refractivity contribution in [3.05, 3.63) is 82.1 Å². The Morgan fingerprint density at radius 3 is 2.45 bits per heavy atom. The summed E-state index contributed by atoms with van der Waals surface area (Å²) in [5, 5.41) is 16.2. The van der Waals surface area contributed by atoms with E-state index in [0.29, 0.717) is 5.69 Å². The second-order valence-corrected chi connectivity index (χ2v) is 6.16. The van der Waals surface area contributed by atoms with Gasteiger partial charge in [0, 0.05) is 6.07 Å². The number of nitrogens with zero attached hydrogens (tertiary/aromatic N) is 1. The fourth-order valence-corrected chi connectivity index (χ4v) is 2.77. The van der Waals surface area contributed by atoms with E-state index in [1.807, 2.05) is 0 Å². The van der Waals surface area contributed by atoms with E-state index in [9.17, 15) is 19.7 Å². The van der Waals surface area contributed by atoms with Gasteiger partial charge in [-0.3, -0.25) is 25.0 Å². The lowest BCUT2D eigenvalue weighted by Crippen LogP contribution is -2.34. The van der Waals surface area contributed by atoms with Crippen LogP contribution in [0.2, 0.25) is 0 Å². The van der Waals surface area contributed by atoms with Crippen LogP contribution in [0.1, 0.15) is 20.9 Å². The van der Waals surface area contributed by atoms with Crippen molar-refractivity contribution in [1.29, 1.82) is 0 Å². The fourth-order valence-electron chi connectivity index (χ4n) is 2.57. The average Bonchev–Trinajstić information content (AvgIpc) is 3.18. The highest BCUT2D eigenvalue weighted by Crippen LogP contribution is 2.30. The van der Waals surface area contributed by atoms with Crippen LogP contribution in [0.3, 0.4) is 0 Å². The number of hydrogen-bond donors (Lipinski definition) is 3. The molecule has 0 radical (unpaired) electrons. The van der Waals surface area contributed by atoms with Gasteiger partial charge in [-0.15, -0.1) is 0 Å². The molecule has 0 bridgehead atoms. The zero-order valence-electron chi connectivity index (χ0n) is 14.7. The Hall–Kier alpha value is -4.05. The lowest BCUT2D eigenvalue weighted by Gasteiger charge is -2.11. The first-order valence-electron chi connectivity index (χ1n) is 8.21. The highest BCUT2D eigenvalue weighted by Gasteiger charge is 2.20. The number of nitrogens with two attached hydrogens (primary N) is 1. The number of rotatable bonds is 5. The van der Waals surface area contributed by atoms with E-state index in [0.717, 1.165) is 0 Å². The molecule has 0 saturated heterocycles. The van der Waals surface area contributed by atoms with Crippen molar-refractivity contribution < 1.29 is 18.9 Å². The van der Waals surface area contributed by atoms with Crippen LogP contribution >= 0.6 is 12.2 Å². The summed E-state index contributed by atoms with van der Waals surface area (Å²) in [6.45, 7) is 0. The summed E-state index contributed by atoms with van der Waals surface area (Å²) in [4.78, 5) is 34.4. The Morgan fingerprint density at radius 2 is 1.72 bits per heavy atom. The third-order valence-corrected chi connectivity index (χ3v) is 4.07. The van der Waals surface area contributed by atoms with Gasteiger partial charge in [-0.1, -0.05) is 24.3 Å². The molecule has 0 aliphatic heterocycles. The Morgan fingerprint density at radius 1 is 1.03 bits per heavy atom. The third-order valence-electron chi connectivity index (χ3n) is 3.86. The SMILES string of the molecule is NC(=O)c1ccccc1NC(=S)NC(=O)c1ccc(-c2ccccc2[N+](=O)[O-])o1. The van der Waals surface area contributed by atoms with Gasteiger partial charge in [0.1, 0.15) is 5.76 Å². The van der Waals surface area contributed by atoms with Crippen molar-refractivity contribution in [3.8, 4) is 11.3 Å². The molecule has 0 fully saturated rings. The van der Waals surface area contributed by atoms with Gasteiger partial charge in [0.05, 0.1) is 21.7 Å². The van der Waals surface area contributed by atoms with Gasteiger partial charge in [-0.25, -0.2) is 0 Å².